The molecule has 3 aromatic rings. The number of nitrogens with zero attached hydrogens (tertiary/aromatic N) is 1. The van der Waals surface area contributed by atoms with Crippen LogP contribution in [0.3, 0.4) is 0 Å². The second-order valence-corrected chi connectivity index (χ2v) is 9.62. The molecule has 8 heteroatoms. The van der Waals surface area contributed by atoms with Crippen LogP contribution in [0.4, 0.5) is 5.69 Å². The smallest absolute Gasteiger partial charge is 0.258 e. The zero-order valence-electron chi connectivity index (χ0n) is 16.0. The third-order valence-corrected chi connectivity index (χ3v) is 6.03. The highest BCUT2D eigenvalue weighted by atomic mass is 79.9. The first-order valence-electron chi connectivity index (χ1n) is 9.31. The fourth-order valence-corrected chi connectivity index (χ4v) is 4.64. The maximum Gasteiger partial charge on any atom is 0.258 e. The molecule has 6 nitrogen and oxygen atoms in total. The summed E-state index contributed by atoms with van der Waals surface area (Å²) in [6.07, 6.45) is 1.28. The van der Waals surface area contributed by atoms with Gasteiger partial charge in [-0.05, 0) is 55.7 Å². The lowest BCUT2D eigenvalue weighted by molar-refractivity contribution is 0.0896. The Labute approximate surface area is 184 Å². The number of rotatable bonds is 4. The van der Waals surface area contributed by atoms with Gasteiger partial charge in [-0.3, -0.25) is 9.59 Å². The Kier molecular flexibility index (Phi) is 5.25. The maximum atomic E-state index is 12.6. The molecule has 150 valence electrons. The van der Waals surface area contributed by atoms with Crippen molar-refractivity contribution in [3.63, 3.8) is 0 Å². The molecular weight excluding hydrogens is 500 g/mol. The molecule has 3 N–H and O–H groups in total. The van der Waals surface area contributed by atoms with Crippen molar-refractivity contribution in [1.82, 2.24) is 15.3 Å². The van der Waals surface area contributed by atoms with Gasteiger partial charge in [0.25, 0.3) is 11.5 Å². The van der Waals surface area contributed by atoms with E-state index in [1.807, 2.05) is 37.3 Å². The molecule has 29 heavy (non-hydrogen) atoms. The number of aromatic amines is 1. The van der Waals surface area contributed by atoms with Crippen molar-refractivity contribution in [2.75, 3.05) is 5.32 Å². The van der Waals surface area contributed by atoms with E-state index in [1.54, 1.807) is 6.07 Å². The highest BCUT2D eigenvalue weighted by Gasteiger charge is 2.34. The first-order valence-corrected chi connectivity index (χ1v) is 10.9. The second kappa shape index (κ2) is 7.57. The number of aromatic nitrogens is 2. The van der Waals surface area contributed by atoms with Gasteiger partial charge in [0, 0.05) is 21.1 Å². The third-order valence-electron chi connectivity index (χ3n) is 5.04. The topological polar surface area (TPSA) is 86.9 Å². The zero-order valence-corrected chi connectivity index (χ0v) is 19.1. The number of carbonyl (C=O) groups is 1. The summed E-state index contributed by atoms with van der Waals surface area (Å²) in [5.41, 5.74) is 1.38. The van der Waals surface area contributed by atoms with E-state index in [1.165, 1.54) is 0 Å². The quantitative estimate of drug-likeness (QED) is 0.470. The van der Waals surface area contributed by atoms with Gasteiger partial charge >= 0.3 is 0 Å². The molecule has 1 aliphatic rings. The van der Waals surface area contributed by atoms with Crippen molar-refractivity contribution >= 4 is 54.4 Å². The molecule has 1 aromatic heterocycles. The summed E-state index contributed by atoms with van der Waals surface area (Å²) in [4.78, 5) is 32.5. The predicted molar refractivity (Wildman–Crippen MR) is 121 cm³/mol. The average molecular weight is 520 g/mol. The number of carbonyl (C=O) groups excluding carboxylic acids is 1. The Balaban J connectivity index is 1.52. The molecular formula is C21H20Br2N4O2. The molecule has 0 bridgehead atoms. The first kappa shape index (κ1) is 20.1. The van der Waals surface area contributed by atoms with Crippen LogP contribution in [0.25, 0.3) is 10.9 Å². The van der Waals surface area contributed by atoms with Gasteiger partial charge in [0.2, 0.25) is 0 Å². The molecule has 2 atom stereocenters. The summed E-state index contributed by atoms with van der Waals surface area (Å²) in [6, 6.07) is 11.1. The van der Waals surface area contributed by atoms with E-state index < -0.39 is 5.66 Å². The van der Waals surface area contributed by atoms with Crippen LogP contribution in [0, 0.1) is 5.92 Å². The summed E-state index contributed by atoms with van der Waals surface area (Å²) in [6.45, 7) is 4.06. The van der Waals surface area contributed by atoms with Gasteiger partial charge in [-0.2, -0.15) is 0 Å². The van der Waals surface area contributed by atoms with Crippen molar-refractivity contribution in [2.45, 2.75) is 32.4 Å². The molecule has 4 rings (SSSR count). The number of nitrogens with one attached hydrogen (secondary N) is 3. The van der Waals surface area contributed by atoms with Crippen LogP contribution in [0.5, 0.6) is 0 Å². The predicted octanol–water partition coefficient (Wildman–Crippen LogP) is 4.59. The summed E-state index contributed by atoms with van der Waals surface area (Å²) in [5.74, 6) is 0.714. The van der Waals surface area contributed by atoms with Gasteiger partial charge < -0.3 is 15.6 Å². The van der Waals surface area contributed by atoms with Crippen LogP contribution in [-0.4, -0.2) is 21.5 Å². The lowest BCUT2D eigenvalue weighted by Gasteiger charge is -2.39. The lowest BCUT2D eigenvalue weighted by Crippen LogP contribution is -2.56. The number of amides is 1. The van der Waals surface area contributed by atoms with E-state index in [4.69, 9.17) is 0 Å². The molecule has 1 aliphatic heterocycles. The van der Waals surface area contributed by atoms with Crippen LogP contribution in [0.2, 0.25) is 0 Å². The van der Waals surface area contributed by atoms with Gasteiger partial charge in [-0.1, -0.05) is 38.8 Å². The number of halogens is 2. The molecule has 2 unspecified atom stereocenters. The SMILES string of the molecule is CC(Cc1nc2ccc(Br)cc2c(=O)[nH]1)CC1(C)NC(=O)c2cc(Br)ccc2N1. The molecule has 0 radical (unpaired) electrons. The van der Waals surface area contributed by atoms with Crippen molar-refractivity contribution in [3.8, 4) is 0 Å². The summed E-state index contributed by atoms with van der Waals surface area (Å²) in [7, 11) is 0. The normalized spacial score (nSPS) is 19.4. The molecule has 2 aromatic carbocycles. The largest absolute Gasteiger partial charge is 0.362 e. The number of hydrogen-bond donors (Lipinski definition) is 3. The van der Waals surface area contributed by atoms with Crippen molar-refractivity contribution in [3.05, 3.63) is 67.1 Å². The molecule has 1 amide bonds. The van der Waals surface area contributed by atoms with Gasteiger partial charge in [0.15, 0.2) is 0 Å². The second-order valence-electron chi connectivity index (χ2n) is 7.79. The highest BCUT2D eigenvalue weighted by molar-refractivity contribution is 9.10. The van der Waals surface area contributed by atoms with Gasteiger partial charge in [0.05, 0.1) is 16.5 Å². The Morgan fingerprint density at radius 3 is 2.59 bits per heavy atom. The molecule has 0 spiro atoms. The van der Waals surface area contributed by atoms with Gasteiger partial charge in [0.1, 0.15) is 11.5 Å². The van der Waals surface area contributed by atoms with Gasteiger partial charge in [-0.15, -0.1) is 0 Å². The Morgan fingerprint density at radius 2 is 1.79 bits per heavy atom. The number of hydrogen-bond acceptors (Lipinski definition) is 4. The first-order chi connectivity index (χ1) is 13.7. The Morgan fingerprint density at radius 1 is 1.07 bits per heavy atom. The summed E-state index contributed by atoms with van der Waals surface area (Å²) in [5, 5.41) is 7.08. The van der Waals surface area contributed by atoms with E-state index in [0.29, 0.717) is 35.1 Å². The van der Waals surface area contributed by atoms with E-state index in [0.717, 1.165) is 14.6 Å². The number of benzene rings is 2. The molecule has 0 saturated carbocycles. The minimum absolute atomic E-state index is 0.0995. The van der Waals surface area contributed by atoms with Crippen LogP contribution in [-0.2, 0) is 6.42 Å². The monoisotopic (exact) mass is 518 g/mol. The van der Waals surface area contributed by atoms with Crippen LogP contribution >= 0.6 is 31.9 Å². The average Bonchev–Trinajstić information content (AvgIpc) is 2.62. The molecule has 0 aliphatic carbocycles. The molecule has 2 heterocycles. The highest BCUT2D eigenvalue weighted by Crippen LogP contribution is 2.31. The minimum Gasteiger partial charge on any atom is -0.362 e. The summed E-state index contributed by atoms with van der Waals surface area (Å²) >= 11 is 6.79. The van der Waals surface area contributed by atoms with E-state index in [9.17, 15) is 9.59 Å². The Hall–Kier alpha value is -2.19. The van der Waals surface area contributed by atoms with E-state index >= 15 is 0 Å². The third kappa shape index (κ3) is 4.23. The van der Waals surface area contributed by atoms with Crippen molar-refractivity contribution < 1.29 is 4.79 Å². The fraction of sp³-hybridized carbons (Fsp3) is 0.286. The number of H-pyrrole nitrogens is 1. The van der Waals surface area contributed by atoms with Crippen LogP contribution in [0.15, 0.2) is 50.1 Å². The maximum absolute atomic E-state index is 12.6. The molecule has 0 saturated heterocycles. The van der Waals surface area contributed by atoms with Crippen LogP contribution < -0.4 is 16.2 Å². The lowest BCUT2D eigenvalue weighted by atomic mass is 9.91. The zero-order chi connectivity index (χ0) is 20.8. The van der Waals surface area contributed by atoms with Crippen molar-refractivity contribution in [2.24, 2.45) is 5.92 Å². The Bertz CT molecular complexity index is 1180. The standard InChI is InChI=1S/C21H20Br2N4O2/c1-11(7-18-24-16-5-3-12(22)8-14(16)19(28)25-18)10-21(2)26-17-6-4-13(23)9-15(17)20(29)27-21/h3-6,8-9,11,26H,7,10H2,1-2H3,(H,27,29)(H,24,25,28). The molecule has 0 fully saturated rings. The van der Waals surface area contributed by atoms with Gasteiger partial charge in [-0.25, -0.2) is 4.98 Å². The minimum atomic E-state index is -0.584. The fourth-order valence-electron chi connectivity index (χ4n) is 3.92. The number of fused-ring (bicyclic) bond motifs is 2. The number of anilines is 1. The van der Waals surface area contributed by atoms with Crippen LogP contribution in [0.1, 0.15) is 36.5 Å². The van der Waals surface area contributed by atoms with Crippen molar-refractivity contribution in [1.29, 1.82) is 0 Å². The summed E-state index contributed by atoms with van der Waals surface area (Å²) < 4.78 is 1.71. The van der Waals surface area contributed by atoms with E-state index in [-0.39, 0.29) is 17.4 Å². The van der Waals surface area contributed by atoms with E-state index in [2.05, 4.69) is 59.4 Å².